The maximum Gasteiger partial charge on any atom is 0.123 e. The Morgan fingerprint density at radius 3 is 2.58 bits per heavy atom. The summed E-state index contributed by atoms with van der Waals surface area (Å²) < 4.78 is 15.1. The zero-order chi connectivity index (χ0) is 14.2. The molecule has 1 heterocycles. The van der Waals surface area contributed by atoms with Crippen LogP contribution in [-0.2, 0) is 6.54 Å². The van der Waals surface area contributed by atoms with Gasteiger partial charge in [-0.05, 0) is 44.0 Å². The van der Waals surface area contributed by atoms with Crippen molar-refractivity contribution in [3.05, 3.63) is 52.1 Å². The molecule has 0 bridgehead atoms. The summed E-state index contributed by atoms with van der Waals surface area (Å²) in [6, 6.07) is 4.49. The molecule has 0 aliphatic rings. The number of hydrogen-bond acceptors (Lipinski definition) is 2. The number of nitrogens with zero attached hydrogens (tertiary/aromatic N) is 2. The van der Waals surface area contributed by atoms with Crippen LogP contribution in [0.4, 0.5) is 4.39 Å². The van der Waals surface area contributed by atoms with Crippen molar-refractivity contribution in [1.82, 2.24) is 9.78 Å². The highest BCUT2D eigenvalue weighted by atomic mass is 32.1. The van der Waals surface area contributed by atoms with Crippen molar-refractivity contribution < 1.29 is 4.39 Å². The molecule has 1 aromatic heterocycles. The zero-order valence-electron chi connectivity index (χ0n) is 11.2. The fraction of sp³-hybridized carbons (Fsp3) is 0.286. The molecular weight excluding hydrogens is 261 g/mol. The van der Waals surface area contributed by atoms with Crippen molar-refractivity contribution in [2.75, 3.05) is 0 Å². The Kier molecular flexibility index (Phi) is 3.66. The molecule has 0 unspecified atom stereocenters. The van der Waals surface area contributed by atoms with E-state index < -0.39 is 0 Å². The zero-order valence-corrected chi connectivity index (χ0v) is 12.0. The Bertz CT molecular complexity index is 646. The fourth-order valence-electron chi connectivity index (χ4n) is 2.02. The highest BCUT2D eigenvalue weighted by Gasteiger charge is 2.11. The van der Waals surface area contributed by atoms with Crippen LogP contribution in [0.2, 0.25) is 0 Å². The van der Waals surface area contributed by atoms with E-state index >= 15 is 0 Å². The summed E-state index contributed by atoms with van der Waals surface area (Å²) in [6.07, 6.45) is 0. The van der Waals surface area contributed by atoms with Gasteiger partial charge in [0.05, 0.1) is 12.2 Å². The van der Waals surface area contributed by atoms with E-state index in [-0.39, 0.29) is 10.8 Å². The average molecular weight is 277 g/mol. The van der Waals surface area contributed by atoms with Gasteiger partial charge in [0.1, 0.15) is 10.8 Å². The summed E-state index contributed by atoms with van der Waals surface area (Å²) >= 11 is 4.97. The minimum atomic E-state index is -0.337. The third-order valence-electron chi connectivity index (χ3n) is 3.40. The largest absolute Gasteiger partial charge is 0.389 e. The van der Waals surface area contributed by atoms with Gasteiger partial charge < -0.3 is 5.73 Å². The third kappa shape index (κ3) is 2.66. The first kappa shape index (κ1) is 13.7. The molecule has 19 heavy (non-hydrogen) atoms. The number of nitrogens with two attached hydrogens (primary N) is 1. The lowest BCUT2D eigenvalue weighted by atomic mass is 10.1. The molecule has 0 atom stereocenters. The molecule has 0 amide bonds. The normalized spacial score (nSPS) is 10.7. The molecule has 2 N–H and O–H groups in total. The van der Waals surface area contributed by atoms with Gasteiger partial charge in [0.2, 0.25) is 0 Å². The molecule has 2 rings (SSSR count). The molecule has 5 heteroatoms. The van der Waals surface area contributed by atoms with E-state index in [1.54, 1.807) is 6.07 Å². The van der Waals surface area contributed by atoms with E-state index in [4.69, 9.17) is 18.0 Å². The van der Waals surface area contributed by atoms with Crippen LogP contribution in [0.1, 0.15) is 28.1 Å². The van der Waals surface area contributed by atoms with E-state index in [0.29, 0.717) is 12.1 Å². The van der Waals surface area contributed by atoms with Crippen molar-refractivity contribution in [3.63, 3.8) is 0 Å². The fourth-order valence-corrected chi connectivity index (χ4v) is 2.21. The number of aromatic nitrogens is 2. The van der Waals surface area contributed by atoms with Crippen LogP contribution in [0, 0.1) is 26.6 Å². The topological polar surface area (TPSA) is 43.8 Å². The van der Waals surface area contributed by atoms with Gasteiger partial charge in [-0.25, -0.2) is 4.39 Å². The lowest BCUT2D eigenvalue weighted by molar-refractivity contribution is 0.622. The predicted octanol–water partition coefficient (Wildman–Crippen LogP) is 2.63. The van der Waals surface area contributed by atoms with Gasteiger partial charge in [-0.2, -0.15) is 5.10 Å². The van der Waals surface area contributed by atoms with Gasteiger partial charge >= 0.3 is 0 Å². The first-order valence-electron chi connectivity index (χ1n) is 5.99. The summed E-state index contributed by atoms with van der Waals surface area (Å²) in [4.78, 5) is 0.202. The van der Waals surface area contributed by atoms with Gasteiger partial charge in [0.15, 0.2) is 0 Å². The lowest BCUT2D eigenvalue weighted by Gasteiger charge is -2.10. The van der Waals surface area contributed by atoms with Crippen LogP contribution < -0.4 is 5.73 Å². The Labute approximate surface area is 117 Å². The maximum absolute atomic E-state index is 13.3. The molecule has 0 spiro atoms. The average Bonchev–Trinajstić information content (AvgIpc) is 2.59. The molecule has 0 saturated heterocycles. The Balaban J connectivity index is 2.43. The molecule has 1 aromatic carbocycles. The number of hydrogen-bond donors (Lipinski definition) is 1. The number of thiocarbonyl (C=S) groups is 1. The summed E-state index contributed by atoms with van der Waals surface area (Å²) in [6.45, 7) is 6.55. The van der Waals surface area contributed by atoms with E-state index in [9.17, 15) is 4.39 Å². The van der Waals surface area contributed by atoms with Crippen LogP contribution >= 0.6 is 12.2 Å². The van der Waals surface area contributed by atoms with E-state index in [0.717, 1.165) is 17.0 Å². The second kappa shape index (κ2) is 5.09. The highest BCUT2D eigenvalue weighted by molar-refractivity contribution is 7.80. The molecule has 2 aromatic rings. The minimum absolute atomic E-state index is 0.202. The lowest BCUT2D eigenvalue weighted by Crippen LogP contribution is -2.15. The molecule has 0 fully saturated rings. The van der Waals surface area contributed by atoms with Gasteiger partial charge in [-0.3, -0.25) is 4.68 Å². The van der Waals surface area contributed by atoms with Crippen LogP contribution in [0.25, 0.3) is 0 Å². The van der Waals surface area contributed by atoms with Crippen LogP contribution in [-0.4, -0.2) is 14.8 Å². The van der Waals surface area contributed by atoms with Gasteiger partial charge in [-0.1, -0.05) is 18.3 Å². The van der Waals surface area contributed by atoms with E-state index in [1.165, 1.54) is 17.7 Å². The molecular formula is C14H16FN3S. The van der Waals surface area contributed by atoms with Gasteiger partial charge in [0, 0.05) is 11.3 Å². The SMILES string of the molecule is Cc1nn(Cc2ccc(F)cc2C(N)=S)c(C)c1C. The van der Waals surface area contributed by atoms with Crippen molar-refractivity contribution in [2.45, 2.75) is 27.3 Å². The monoisotopic (exact) mass is 277 g/mol. The Morgan fingerprint density at radius 1 is 1.37 bits per heavy atom. The minimum Gasteiger partial charge on any atom is -0.389 e. The molecule has 0 aliphatic heterocycles. The molecule has 3 nitrogen and oxygen atoms in total. The number of aryl methyl sites for hydroxylation is 1. The third-order valence-corrected chi connectivity index (χ3v) is 3.62. The number of rotatable bonds is 3. The highest BCUT2D eigenvalue weighted by Crippen LogP contribution is 2.16. The van der Waals surface area contributed by atoms with E-state index in [2.05, 4.69) is 5.10 Å². The van der Waals surface area contributed by atoms with Crippen LogP contribution in [0.15, 0.2) is 18.2 Å². The van der Waals surface area contributed by atoms with Crippen LogP contribution in [0.5, 0.6) is 0 Å². The summed E-state index contributed by atoms with van der Waals surface area (Å²) in [5, 5.41) is 4.47. The van der Waals surface area contributed by atoms with Gasteiger partial charge in [0.25, 0.3) is 0 Å². The summed E-state index contributed by atoms with van der Waals surface area (Å²) in [5.74, 6) is -0.337. The van der Waals surface area contributed by atoms with E-state index in [1.807, 2.05) is 25.5 Å². The van der Waals surface area contributed by atoms with Gasteiger partial charge in [-0.15, -0.1) is 0 Å². The molecule has 100 valence electrons. The van der Waals surface area contributed by atoms with Crippen molar-refractivity contribution in [3.8, 4) is 0 Å². The Hall–Kier alpha value is -1.75. The number of halogens is 1. The number of benzene rings is 1. The van der Waals surface area contributed by atoms with Crippen LogP contribution in [0.3, 0.4) is 0 Å². The summed E-state index contributed by atoms with van der Waals surface area (Å²) in [7, 11) is 0. The second-order valence-electron chi connectivity index (χ2n) is 4.62. The summed E-state index contributed by atoms with van der Waals surface area (Å²) in [5.41, 5.74) is 10.3. The van der Waals surface area contributed by atoms with Crippen molar-refractivity contribution >= 4 is 17.2 Å². The second-order valence-corrected chi connectivity index (χ2v) is 5.06. The molecule has 0 saturated carbocycles. The first-order chi connectivity index (χ1) is 8.90. The quantitative estimate of drug-likeness (QED) is 0.877. The smallest absolute Gasteiger partial charge is 0.123 e. The molecule has 0 aliphatic carbocycles. The Morgan fingerprint density at radius 2 is 2.05 bits per heavy atom. The molecule has 0 radical (unpaired) electrons. The predicted molar refractivity (Wildman–Crippen MR) is 77.8 cm³/mol. The van der Waals surface area contributed by atoms with Crippen molar-refractivity contribution in [2.24, 2.45) is 5.73 Å². The standard InChI is InChI=1S/C14H16FN3S/c1-8-9(2)17-18(10(8)3)7-11-4-5-12(15)6-13(11)14(16)19/h4-6H,7H2,1-3H3,(H2,16,19). The maximum atomic E-state index is 13.3. The van der Waals surface area contributed by atoms with Crippen molar-refractivity contribution in [1.29, 1.82) is 0 Å². The first-order valence-corrected chi connectivity index (χ1v) is 6.40.